The Hall–Kier alpha value is -1.95. The zero-order valence-electron chi connectivity index (χ0n) is 10.1. The van der Waals surface area contributed by atoms with Gasteiger partial charge in [0.25, 0.3) is 5.91 Å². The molecule has 1 N–H and O–H groups in total. The highest BCUT2D eigenvalue weighted by Gasteiger charge is 2.30. The number of carbonyl (C=O) groups excluding carboxylic acids is 1. The third kappa shape index (κ3) is 2.96. The fourth-order valence-corrected chi connectivity index (χ4v) is 1.95. The van der Waals surface area contributed by atoms with Crippen LogP contribution in [0.2, 0.25) is 0 Å². The van der Waals surface area contributed by atoms with Crippen LogP contribution < -0.4 is 4.72 Å². The molecule has 104 valence electrons. The number of nitrogens with one attached hydrogen (secondary N) is 1. The monoisotopic (exact) mass is 297 g/mol. The van der Waals surface area contributed by atoms with Crippen LogP contribution in [0, 0.1) is 0 Å². The minimum atomic E-state index is -4.37. The highest BCUT2D eigenvalue weighted by Crippen LogP contribution is 2.31. The van der Waals surface area contributed by atoms with E-state index in [1.54, 1.807) is 24.3 Å². The lowest BCUT2D eigenvalue weighted by molar-refractivity contribution is -0.137. The van der Waals surface area contributed by atoms with Crippen LogP contribution in [-0.2, 0) is 6.18 Å². The number of thiol groups is 1. The zero-order chi connectivity index (χ0) is 14.8. The molecule has 0 radical (unpaired) electrons. The molecule has 0 aliphatic heterocycles. The van der Waals surface area contributed by atoms with Gasteiger partial charge in [-0.05, 0) is 29.3 Å². The lowest BCUT2D eigenvalue weighted by Gasteiger charge is -2.10. The second-order valence-corrected chi connectivity index (χ2v) is 4.29. The van der Waals surface area contributed by atoms with E-state index in [9.17, 15) is 18.0 Å². The molecule has 20 heavy (non-hydrogen) atoms. The van der Waals surface area contributed by atoms with Gasteiger partial charge in [0.05, 0.1) is 5.56 Å². The highest BCUT2D eigenvalue weighted by atomic mass is 32.1. The van der Waals surface area contributed by atoms with Crippen LogP contribution in [0.3, 0.4) is 0 Å². The van der Waals surface area contributed by atoms with Crippen LogP contribution in [0.25, 0.3) is 11.1 Å². The summed E-state index contributed by atoms with van der Waals surface area (Å²) < 4.78 is 39.7. The van der Waals surface area contributed by atoms with E-state index < -0.39 is 17.6 Å². The smallest absolute Gasteiger partial charge is 0.299 e. The van der Waals surface area contributed by atoms with E-state index in [4.69, 9.17) is 0 Å². The van der Waals surface area contributed by atoms with E-state index in [2.05, 4.69) is 17.5 Å². The molecule has 0 heterocycles. The molecule has 2 nitrogen and oxygen atoms in total. The molecule has 6 heteroatoms. The SMILES string of the molecule is O=C(NS)c1ccccc1-c1ccc(C(F)(F)F)cc1. The maximum atomic E-state index is 12.5. The number of carbonyl (C=O) groups is 1. The Labute approximate surface area is 119 Å². The number of amides is 1. The molecule has 0 unspecified atom stereocenters. The third-order valence-corrected chi connectivity index (χ3v) is 3.00. The van der Waals surface area contributed by atoms with Gasteiger partial charge in [0.1, 0.15) is 0 Å². The van der Waals surface area contributed by atoms with Gasteiger partial charge in [0.15, 0.2) is 0 Å². The Morgan fingerprint density at radius 3 is 2.15 bits per heavy atom. The summed E-state index contributed by atoms with van der Waals surface area (Å²) in [7, 11) is 0. The summed E-state index contributed by atoms with van der Waals surface area (Å²) in [6.45, 7) is 0. The van der Waals surface area contributed by atoms with Gasteiger partial charge >= 0.3 is 6.18 Å². The molecule has 2 aromatic rings. The predicted octanol–water partition coefficient (Wildman–Crippen LogP) is 3.95. The summed E-state index contributed by atoms with van der Waals surface area (Å²) >= 11 is 3.69. The number of alkyl halides is 3. The van der Waals surface area contributed by atoms with Crippen LogP contribution in [0.5, 0.6) is 0 Å². The molecule has 2 rings (SSSR count). The molecule has 0 saturated carbocycles. The summed E-state index contributed by atoms with van der Waals surface area (Å²) in [6.07, 6.45) is -4.37. The fourth-order valence-electron chi connectivity index (χ4n) is 1.83. The lowest BCUT2D eigenvalue weighted by atomic mass is 9.98. The van der Waals surface area contributed by atoms with Crippen molar-refractivity contribution < 1.29 is 18.0 Å². The molecule has 0 fully saturated rings. The first kappa shape index (κ1) is 14.5. The normalized spacial score (nSPS) is 11.2. The summed E-state index contributed by atoms with van der Waals surface area (Å²) in [5.41, 5.74) is 0.706. The molecular formula is C14H10F3NOS. The van der Waals surface area contributed by atoms with E-state index in [0.29, 0.717) is 16.7 Å². The Morgan fingerprint density at radius 1 is 1.00 bits per heavy atom. The van der Waals surface area contributed by atoms with E-state index in [-0.39, 0.29) is 0 Å². The maximum absolute atomic E-state index is 12.5. The third-order valence-electron chi connectivity index (χ3n) is 2.80. The second kappa shape index (κ2) is 5.58. The molecule has 0 aromatic heterocycles. The quantitative estimate of drug-likeness (QED) is 0.808. The molecule has 0 saturated heterocycles. The van der Waals surface area contributed by atoms with E-state index >= 15 is 0 Å². The van der Waals surface area contributed by atoms with Gasteiger partial charge in [-0.1, -0.05) is 43.1 Å². The predicted molar refractivity (Wildman–Crippen MR) is 73.3 cm³/mol. The minimum Gasteiger partial charge on any atom is -0.299 e. The topological polar surface area (TPSA) is 29.1 Å². The van der Waals surface area contributed by atoms with Gasteiger partial charge in [-0.15, -0.1) is 0 Å². The maximum Gasteiger partial charge on any atom is 0.416 e. The zero-order valence-corrected chi connectivity index (χ0v) is 11.0. The van der Waals surface area contributed by atoms with Crippen LogP contribution in [-0.4, -0.2) is 5.91 Å². The number of benzene rings is 2. The molecular weight excluding hydrogens is 287 g/mol. The largest absolute Gasteiger partial charge is 0.416 e. The Bertz CT molecular complexity index is 623. The summed E-state index contributed by atoms with van der Waals surface area (Å²) in [4.78, 5) is 11.7. The summed E-state index contributed by atoms with van der Waals surface area (Å²) in [5, 5.41) is 0. The van der Waals surface area contributed by atoms with Gasteiger partial charge < -0.3 is 0 Å². The van der Waals surface area contributed by atoms with E-state index in [1.165, 1.54) is 12.1 Å². The van der Waals surface area contributed by atoms with Crippen LogP contribution in [0.1, 0.15) is 15.9 Å². The Balaban J connectivity index is 2.45. The van der Waals surface area contributed by atoms with E-state index in [1.807, 2.05) is 0 Å². The average Bonchev–Trinajstić information content (AvgIpc) is 2.45. The van der Waals surface area contributed by atoms with Gasteiger partial charge in [0, 0.05) is 5.56 Å². The minimum absolute atomic E-state index is 0.349. The van der Waals surface area contributed by atoms with E-state index in [0.717, 1.165) is 12.1 Å². The first-order valence-corrected chi connectivity index (χ1v) is 6.09. The van der Waals surface area contributed by atoms with Gasteiger partial charge in [-0.2, -0.15) is 13.2 Å². The van der Waals surface area contributed by atoms with Crippen molar-refractivity contribution in [2.45, 2.75) is 6.18 Å². The fraction of sp³-hybridized carbons (Fsp3) is 0.0714. The molecule has 2 aromatic carbocycles. The van der Waals surface area contributed by atoms with Crippen LogP contribution in [0.15, 0.2) is 48.5 Å². The van der Waals surface area contributed by atoms with Gasteiger partial charge in [-0.25, -0.2) is 0 Å². The molecule has 0 aliphatic carbocycles. The summed E-state index contributed by atoms with van der Waals surface area (Å²) in [5.74, 6) is -0.413. The molecule has 0 spiro atoms. The van der Waals surface area contributed by atoms with Crippen molar-refractivity contribution in [2.24, 2.45) is 0 Å². The molecule has 1 amide bonds. The first-order chi connectivity index (χ1) is 9.43. The van der Waals surface area contributed by atoms with Crippen molar-refractivity contribution in [3.8, 4) is 11.1 Å². The Kier molecular flexibility index (Phi) is 4.04. The van der Waals surface area contributed by atoms with Gasteiger partial charge in [-0.3, -0.25) is 9.52 Å². The lowest BCUT2D eigenvalue weighted by Crippen LogP contribution is -2.13. The van der Waals surface area contributed by atoms with Crippen molar-refractivity contribution in [1.29, 1.82) is 0 Å². The first-order valence-electron chi connectivity index (χ1n) is 5.64. The highest BCUT2D eigenvalue weighted by molar-refractivity contribution is 7.78. The molecule has 0 atom stereocenters. The van der Waals surface area contributed by atoms with Crippen molar-refractivity contribution >= 4 is 18.7 Å². The van der Waals surface area contributed by atoms with Crippen molar-refractivity contribution in [3.05, 3.63) is 59.7 Å². The summed E-state index contributed by atoms with van der Waals surface area (Å²) in [6, 6.07) is 11.3. The number of rotatable bonds is 2. The second-order valence-electron chi connectivity index (χ2n) is 4.06. The van der Waals surface area contributed by atoms with Crippen LogP contribution in [0.4, 0.5) is 13.2 Å². The van der Waals surface area contributed by atoms with Gasteiger partial charge in [0.2, 0.25) is 0 Å². The number of halogens is 3. The number of hydrogen-bond acceptors (Lipinski definition) is 2. The molecule has 0 bridgehead atoms. The number of hydrogen-bond donors (Lipinski definition) is 2. The average molecular weight is 297 g/mol. The standard InChI is InChI=1S/C14H10F3NOS/c15-14(16,17)10-7-5-9(6-8-10)11-3-1-2-4-12(11)13(19)18-20/h1-8,20H,(H,18,19). The van der Waals surface area contributed by atoms with Crippen LogP contribution >= 0.6 is 12.8 Å². The molecule has 0 aliphatic rings. The van der Waals surface area contributed by atoms with Crippen molar-refractivity contribution in [1.82, 2.24) is 4.72 Å². The van der Waals surface area contributed by atoms with Crippen molar-refractivity contribution in [2.75, 3.05) is 0 Å². The Morgan fingerprint density at radius 2 is 1.60 bits per heavy atom. The van der Waals surface area contributed by atoms with Crippen molar-refractivity contribution in [3.63, 3.8) is 0 Å².